The Labute approximate surface area is 315 Å². The smallest absolute Gasteiger partial charge is 0.349 e. The number of hydrazine groups is 1. The van der Waals surface area contributed by atoms with E-state index < -0.39 is 41.3 Å². The Hall–Kier alpha value is -3.71. The molecule has 2 aromatic carbocycles. The van der Waals surface area contributed by atoms with Crippen LogP contribution < -0.4 is 16.1 Å². The Morgan fingerprint density at radius 3 is 2.38 bits per heavy atom. The maximum Gasteiger partial charge on any atom is 0.349 e. The molecular formula is C40H51N5O5S2. The lowest BCUT2D eigenvalue weighted by molar-refractivity contribution is -0.174. The number of nitrogens with zero attached hydrogens (tertiary/aromatic N) is 3. The second-order valence-electron chi connectivity index (χ2n) is 14.5. The number of ketones is 1. The van der Waals surface area contributed by atoms with E-state index in [0.29, 0.717) is 28.9 Å². The molecule has 3 N–H and O–H groups in total. The quantitative estimate of drug-likeness (QED) is 0.102. The Kier molecular flexibility index (Phi) is 13.2. The molecule has 0 radical (unpaired) electrons. The number of Topliss-reactive ketones (excluding diaryl/α,β-unsaturated/α-hetero) is 1. The highest BCUT2D eigenvalue weighted by molar-refractivity contribution is 8.77. The normalized spacial score (nSPS) is 19.8. The van der Waals surface area contributed by atoms with Crippen LogP contribution in [0, 0.1) is 0 Å². The monoisotopic (exact) mass is 745 g/mol. The van der Waals surface area contributed by atoms with E-state index in [9.17, 15) is 14.4 Å². The number of aliphatic imine (C=N–C) groups is 1. The fraction of sp³-hybridized carbons (Fsp3) is 0.475. The molecule has 2 aliphatic carbocycles. The van der Waals surface area contributed by atoms with Gasteiger partial charge in [-0.1, -0.05) is 121 Å². The molecule has 2 unspecified atom stereocenters. The first-order valence-corrected chi connectivity index (χ1v) is 20.4. The number of benzene rings is 2. The molecule has 1 saturated carbocycles. The molecule has 10 nitrogen and oxygen atoms in total. The number of para-hydroxylation sites is 1. The van der Waals surface area contributed by atoms with Crippen LogP contribution >= 0.6 is 21.6 Å². The van der Waals surface area contributed by atoms with Crippen LogP contribution in [0.3, 0.4) is 0 Å². The number of allylic oxidation sites excluding steroid dienone is 3. The number of benzodiazepines with no additional fused rings is 1. The molecule has 5 rings (SSSR count). The highest BCUT2D eigenvalue weighted by atomic mass is 33.1. The molecule has 278 valence electrons. The molecule has 52 heavy (non-hydrogen) atoms. The van der Waals surface area contributed by atoms with Gasteiger partial charge in [-0.15, -0.1) is 0 Å². The maximum absolute atomic E-state index is 15.2. The van der Waals surface area contributed by atoms with Gasteiger partial charge < -0.3 is 10.5 Å². The van der Waals surface area contributed by atoms with E-state index in [2.05, 4.69) is 26.1 Å². The van der Waals surface area contributed by atoms with Gasteiger partial charge in [-0.05, 0) is 51.6 Å². The number of rotatable bonds is 13. The van der Waals surface area contributed by atoms with E-state index in [1.54, 1.807) is 36.0 Å². The van der Waals surface area contributed by atoms with Crippen LogP contribution in [0.4, 0.5) is 5.69 Å². The molecule has 12 heteroatoms. The molecule has 2 amide bonds. The minimum absolute atomic E-state index is 0.0517. The average molecular weight is 746 g/mol. The van der Waals surface area contributed by atoms with Gasteiger partial charge in [-0.2, -0.15) is 0 Å². The summed E-state index contributed by atoms with van der Waals surface area (Å²) in [5.74, 6) is -2.38. The van der Waals surface area contributed by atoms with E-state index in [1.807, 2.05) is 54.6 Å². The van der Waals surface area contributed by atoms with Crippen molar-refractivity contribution in [2.45, 2.75) is 108 Å². The van der Waals surface area contributed by atoms with E-state index in [4.69, 9.17) is 15.5 Å². The van der Waals surface area contributed by atoms with Gasteiger partial charge in [0.15, 0.2) is 11.8 Å². The number of ether oxygens (including phenoxy) is 1. The first kappa shape index (κ1) is 39.5. The number of carbonyl (C=O) groups excluding carboxylic acids is 4. The van der Waals surface area contributed by atoms with Crippen LogP contribution in [0.25, 0.3) is 0 Å². The molecule has 2 aromatic rings. The van der Waals surface area contributed by atoms with Crippen molar-refractivity contribution in [3.63, 3.8) is 0 Å². The maximum atomic E-state index is 15.2. The molecule has 0 saturated heterocycles. The van der Waals surface area contributed by atoms with Gasteiger partial charge in [0.1, 0.15) is 6.10 Å². The first-order chi connectivity index (χ1) is 24.9. The van der Waals surface area contributed by atoms with E-state index in [1.165, 1.54) is 22.7 Å². The number of nitrogens with two attached hydrogens (primary N) is 1. The fourth-order valence-electron chi connectivity index (χ4n) is 6.80. The zero-order chi connectivity index (χ0) is 37.5. The van der Waals surface area contributed by atoms with Gasteiger partial charge >= 0.3 is 5.97 Å². The second kappa shape index (κ2) is 17.4. The van der Waals surface area contributed by atoms with Crippen molar-refractivity contribution in [3.05, 3.63) is 89.5 Å². The Bertz CT molecular complexity index is 1720. The summed E-state index contributed by atoms with van der Waals surface area (Å²) in [5, 5.41) is 5.52. The molecular weight excluding hydrogens is 695 g/mol. The van der Waals surface area contributed by atoms with Crippen molar-refractivity contribution < 1.29 is 23.9 Å². The van der Waals surface area contributed by atoms with Crippen molar-refractivity contribution in [2.24, 2.45) is 10.7 Å². The lowest BCUT2D eigenvalue weighted by Crippen LogP contribution is -2.72. The Morgan fingerprint density at radius 2 is 1.75 bits per heavy atom. The minimum atomic E-state index is -1.85. The second-order valence-corrected chi connectivity index (χ2v) is 17.6. The van der Waals surface area contributed by atoms with Gasteiger partial charge in [0.25, 0.3) is 5.91 Å². The Balaban J connectivity index is 1.69. The zero-order valence-electron chi connectivity index (χ0n) is 30.8. The number of esters is 1. The van der Waals surface area contributed by atoms with Crippen LogP contribution in [0.1, 0.15) is 90.2 Å². The first-order valence-electron chi connectivity index (χ1n) is 18.1. The lowest BCUT2D eigenvalue weighted by atomic mass is 9.92. The van der Waals surface area contributed by atoms with Gasteiger partial charge in [0, 0.05) is 35.0 Å². The van der Waals surface area contributed by atoms with Crippen molar-refractivity contribution >= 4 is 56.6 Å². The SMILES string of the molecule is CN[C@](CC1=CC=CCC1)(C(=O)OC1CCCCC1)N(C(C)=O)N1C(=O)C(C(=O)C(N)CSSC(C)(C)C)N=C(c2ccccc2)c2ccccc21. The predicted octanol–water partition coefficient (Wildman–Crippen LogP) is 6.54. The summed E-state index contributed by atoms with van der Waals surface area (Å²) in [5.41, 5.74) is 7.49. The summed E-state index contributed by atoms with van der Waals surface area (Å²) in [6.45, 7) is 7.53. The highest BCUT2D eigenvalue weighted by Crippen LogP contribution is 2.38. The molecule has 1 heterocycles. The van der Waals surface area contributed by atoms with E-state index >= 15 is 4.79 Å². The number of carbonyl (C=O) groups is 4. The molecule has 3 aliphatic rings. The van der Waals surface area contributed by atoms with E-state index in [0.717, 1.165) is 49.1 Å². The molecule has 1 aliphatic heterocycles. The molecule has 0 aromatic heterocycles. The summed E-state index contributed by atoms with van der Waals surface area (Å²) in [4.78, 5) is 63.5. The minimum Gasteiger partial charge on any atom is -0.460 e. The summed E-state index contributed by atoms with van der Waals surface area (Å²) in [6.07, 6.45) is 11.5. The number of hydrogen-bond donors (Lipinski definition) is 2. The number of amides is 2. The number of fused-ring (bicyclic) bond motifs is 1. The summed E-state index contributed by atoms with van der Waals surface area (Å²) in [6, 6.07) is 13.7. The molecule has 0 spiro atoms. The average Bonchev–Trinajstić information content (AvgIpc) is 3.25. The number of likely N-dealkylation sites (N-methyl/N-ethyl adjacent to an activating group) is 1. The van der Waals surface area contributed by atoms with Gasteiger partial charge in [-0.25, -0.2) is 14.8 Å². The third kappa shape index (κ3) is 9.07. The Morgan fingerprint density at radius 1 is 1.06 bits per heavy atom. The number of hydrogen-bond acceptors (Lipinski definition) is 10. The third-order valence-electron chi connectivity index (χ3n) is 9.35. The molecule has 3 atom stereocenters. The predicted molar refractivity (Wildman–Crippen MR) is 211 cm³/mol. The number of anilines is 1. The van der Waals surface area contributed by atoms with Crippen LogP contribution in [-0.2, 0) is 23.9 Å². The van der Waals surface area contributed by atoms with Gasteiger partial charge in [0.2, 0.25) is 11.6 Å². The van der Waals surface area contributed by atoms with Crippen LogP contribution in [-0.4, -0.2) is 75.7 Å². The fourth-order valence-corrected chi connectivity index (χ4v) is 9.24. The van der Waals surface area contributed by atoms with E-state index in [-0.39, 0.29) is 23.0 Å². The molecule has 1 fully saturated rings. The topological polar surface area (TPSA) is 134 Å². The van der Waals surface area contributed by atoms with Crippen molar-refractivity contribution in [3.8, 4) is 0 Å². The zero-order valence-corrected chi connectivity index (χ0v) is 32.4. The van der Waals surface area contributed by atoms with Gasteiger partial charge in [-0.3, -0.25) is 24.7 Å². The summed E-state index contributed by atoms with van der Waals surface area (Å²) in [7, 11) is 4.66. The molecule has 0 bridgehead atoms. The lowest BCUT2D eigenvalue weighted by Gasteiger charge is -2.47. The van der Waals surface area contributed by atoms with Crippen LogP contribution in [0.15, 0.2) is 83.4 Å². The standard InChI is InChI=1S/C40H51N5O5S2/c1-27(46)45(40(42-5,25-28-17-9-6-10-18-28)38(49)50-30-21-13-8-14-22-30)44-33-24-16-15-23-31(33)34(29-19-11-7-12-20-29)43-35(37(44)48)36(47)32(41)26-51-52-39(2,3)4/h6-7,9,11-12,15-17,19-20,23-24,30,32,35,42H,8,10,13-14,18,21-22,25-26,41H2,1-5H3/t32?,35?,40-/m0/s1. The van der Waals surface area contributed by atoms with Crippen molar-refractivity contribution in [2.75, 3.05) is 17.8 Å². The summed E-state index contributed by atoms with van der Waals surface area (Å²) < 4.78 is 6.17. The van der Waals surface area contributed by atoms with Crippen LogP contribution in [0.2, 0.25) is 0 Å². The van der Waals surface area contributed by atoms with Crippen LogP contribution in [0.5, 0.6) is 0 Å². The van der Waals surface area contributed by atoms with Crippen molar-refractivity contribution in [1.29, 1.82) is 0 Å². The third-order valence-corrected chi connectivity index (χ3v) is 12.7. The van der Waals surface area contributed by atoms with Crippen molar-refractivity contribution in [1.82, 2.24) is 10.3 Å². The highest BCUT2D eigenvalue weighted by Gasteiger charge is 2.54. The van der Waals surface area contributed by atoms with Gasteiger partial charge in [0.05, 0.1) is 17.4 Å². The number of nitrogens with one attached hydrogen (secondary N) is 1. The summed E-state index contributed by atoms with van der Waals surface area (Å²) >= 11 is 0. The largest absolute Gasteiger partial charge is 0.460 e.